The smallest absolute Gasteiger partial charge is 0.264 e. The SMILES string of the molecule is CCc1cc2cccc(Cl)c2c(=O)n1C1=C/C/C=C/C/C=C\1. The van der Waals surface area contributed by atoms with Crippen molar-refractivity contribution in [3.63, 3.8) is 0 Å². The van der Waals surface area contributed by atoms with Crippen LogP contribution in [0.15, 0.2) is 59.4 Å². The Morgan fingerprint density at radius 1 is 1.18 bits per heavy atom. The van der Waals surface area contributed by atoms with Crippen LogP contribution in [-0.4, -0.2) is 4.57 Å². The molecule has 0 N–H and O–H groups in total. The van der Waals surface area contributed by atoms with Crippen LogP contribution in [0.2, 0.25) is 5.02 Å². The van der Waals surface area contributed by atoms with Crippen molar-refractivity contribution in [3.8, 4) is 0 Å². The number of aromatic nitrogens is 1. The van der Waals surface area contributed by atoms with Crippen molar-refractivity contribution in [2.75, 3.05) is 0 Å². The molecule has 3 rings (SSSR count). The molecule has 1 aliphatic rings. The van der Waals surface area contributed by atoms with Crippen LogP contribution >= 0.6 is 11.6 Å². The largest absolute Gasteiger partial charge is 0.281 e. The number of fused-ring (bicyclic) bond motifs is 1. The lowest BCUT2D eigenvalue weighted by molar-refractivity contribution is 0.908. The number of hydrogen-bond donors (Lipinski definition) is 0. The Morgan fingerprint density at radius 3 is 2.82 bits per heavy atom. The van der Waals surface area contributed by atoms with Gasteiger partial charge in [-0.1, -0.05) is 55.0 Å². The molecule has 1 aromatic carbocycles. The molecule has 2 aromatic rings. The first-order valence-corrected chi connectivity index (χ1v) is 7.95. The number of pyridine rings is 1. The van der Waals surface area contributed by atoms with E-state index >= 15 is 0 Å². The van der Waals surface area contributed by atoms with Gasteiger partial charge in [-0.3, -0.25) is 9.36 Å². The van der Waals surface area contributed by atoms with Crippen LogP contribution in [0, 0.1) is 0 Å². The molecule has 0 fully saturated rings. The third kappa shape index (κ3) is 2.67. The van der Waals surface area contributed by atoms with Crippen molar-refractivity contribution in [2.24, 2.45) is 0 Å². The van der Waals surface area contributed by atoms with Crippen molar-refractivity contribution in [3.05, 3.63) is 75.7 Å². The molecule has 0 saturated heterocycles. The van der Waals surface area contributed by atoms with Crippen LogP contribution in [0.1, 0.15) is 25.5 Å². The van der Waals surface area contributed by atoms with E-state index in [2.05, 4.69) is 37.3 Å². The average Bonchev–Trinajstić information content (AvgIpc) is 2.47. The molecule has 2 nitrogen and oxygen atoms in total. The van der Waals surface area contributed by atoms with E-state index in [0.29, 0.717) is 10.4 Å². The summed E-state index contributed by atoms with van der Waals surface area (Å²) >= 11 is 6.27. The maximum atomic E-state index is 13.0. The van der Waals surface area contributed by atoms with Gasteiger partial charge in [-0.25, -0.2) is 0 Å². The molecule has 0 atom stereocenters. The van der Waals surface area contributed by atoms with Gasteiger partial charge in [0.15, 0.2) is 0 Å². The monoisotopic (exact) mass is 311 g/mol. The van der Waals surface area contributed by atoms with Crippen molar-refractivity contribution < 1.29 is 0 Å². The van der Waals surface area contributed by atoms with E-state index in [1.807, 2.05) is 18.2 Å². The van der Waals surface area contributed by atoms with Crippen molar-refractivity contribution >= 4 is 28.1 Å². The number of nitrogens with zero attached hydrogens (tertiary/aromatic N) is 1. The predicted molar refractivity (Wildman–Crippen MR) is 94.4 cm³/mol. The molecule has 0 amide bonds. The van der Waals surface area contributed by atoms with E-state index in [0.717, 1.165) is 36.0 Å². The minimum Gasteiger partial charge on any atom is -0.281 e. The van der Waals surface area contributed by atoms with Gasteiger partial charge in [0, 0.05) is 11.4 Å². The Morgan fingerprint density at radius 2 is 2.00 bits per heavy atom. The lowest BCUT2D eigenvalue weighted by Gasteiger charge is -2.15. The van der Waals surface area contributed by atoms with Crippen LogP contribution in [-0.2, 0) is 6.42 Å². The number of halogens is 1. The van der Waals surface area contributed by atoms with Crippen LogP contribution in [0.25, 0.3) is 16.5 Å². The number of hydrogen-bond acceptors (Lipinski definition) is 1. The Bertz CT molecular complexity index is 856. The standard InChI is InChI=1S/C19H18ClNO/c1-2-15-13-14-9-8-12-17(20)18(14)19(22)21(15)16-10-6-4-3-5-7-11-16/h3-4,7-13H,2,5-6H2,1H3/b4-3+,11-7-,16-10+. The summed E-state index contributed by atoms with van der Waals surface area (Å²) in [5.74, 6) is 0. The lowest BCUT2D eigenvalue weighted by atomic mass is 10.1. The molecule has 0 saturated carbocycles. The first kappa shape index (κ1) is 14.9. The fourth-order valence-corrected chi connectivity index (χ4v) is 3.06. The number of benzene rings is 1. The summed E-state index contributed by atoms with van der Waals surface area (Å²) in [6.45, 7) is 2.06. The molecule has 112 valence electrons. The summed E-state index contributed by atoms with van der Waals surface area (Å²) in [6.07, 6.45) is 12.9. The fraction of sp³-hybridized carbons (Fsp3) is 0.211. The molecular weight excluding hydrogens is 294 g/mol. The summed E-state index contributed by atoms with van der Waals surface area (Å²) in [4.78, 5) is 13.0. The third-order valence-electron chi connectivity index (χ3n) is 3.88. The molecule has 1 aliphatic carbocycles. The molecule has 1 heterocycles. The molecular formula is C19H18ClNO. The summed E-state index contributed by atoms with van der Waals surface area (Å²) in [7, 11) is 0. The van der Waals surface area contributed by atoms with Crippen LogP contribution in [0.3, 0.4) is 0 Å². The van der Waals surface area contributed by atoms with E-state index < -0.39 is 0 Å². The summed E-state index contributed by atoms with van der Waals surface area (Å²) in [5.41, 5.74) is 1.88. The zero-order valence-electron chi connectivity index (χ0n) is 12.6. The highest BCUT2D eigenvalue weighted by molar-refractivity contribution is 6.35. The van der Waals surface area contributed by atoms with Gasteiger partial charge in [0.1, 0.15) is 0 Å². The lowest BCUT2D eigenvalue weighted by Crippen LogP contribution is -2.22. The summed E-state index contributed by atoms with van der Waals surface area (Å²) in [5, 5.41) is 2.00. The zero-order chi connectivity index (χ0) is 15.5. The maximum Gasteiger partial charge on any atom is 0.264 e. The highest BCUT2D eigenvalue weighted by atomic mass is 35.5. The van der Waals surface area contributed by atoms with Crippen LogP contribution in [0.4, 0.5) is 0 Å². The summed E-state index contributed by atoms with van der Waals surface area (Å²) in [6, 6.07) is 7.66. The van der Waals surface area contributed by atoms with Gasteiger partial charge in [0.05, 0.1) is 10.4 Å². The Hall–Kier alpha value is -2.06. The topological polar surface area (TPSA) is 22.0 Å². The van der Waals surface area contributed by atoms with Crippen molar-refractivity contribution in [1.82, 2.24) is 4.57 Å². The van der Waals surface area contributed by atoms with E-state index in [9.17, 15) is 4.79 Å². The molecule has 1 aromatic heterocycles. The van der Waals surface area contributed by atoms with E-state index in [-0.39, 0.29) is 5.56 Å². The molecule has 22 heavy (non-hydrogen) atoms. The Labute approximate surface area is 135 Å². The highest BCUT2D eigenvalue weighted by Crippen LogP contribution is 2.23. The first-order valence-electron chi connectivity index (χ1n) is 7.57. The van der Waals surface area contributed by atoms with E-state index in [1.165, 1.54) is 0 Å². The average molecular weight is 312 g/mol. The van der Waals surface area contributed by atoms with Crippen LogP contribution < -0.4 is 5.56 Å². The first-order chi connectivity index (χ1) is 10.7. The van der Waals surface area contributed by atoms with Gasteiger partial charge in [0.2, 0.25) is 0 Å². The quantitative estimate of drug-likeness (QED) is 0.718. The van der Waals surface area contributed by atoms with Gasteiger partial charge >= 0.3 is 0 Å². The fourth-order valence-electron chi connectivity index (χ4n) is 2.80. The van der Waals surface area contributed by atoms with Gasteiger partial charge < -0.3 is 0 Å². The molecule has 0 unspecified atom stereocenters. The minimum atomic E-state index is -0.0413. The predicted octanol–water partition coefficient (Wildman–Crippen LogP) is 4.96. The number of rotatable bonds is 2. The molecule has 0 radical (unpaired) electrons. The Kier molecular flexibility index (Phi) is 4.30. The highest BCUT2D eigenvalue weighted by Gasteiger charge is 2.12. The Balaban J connectivity index is 2.33. The van der Waals surface area contributed by atoms with Crippen molar-refractivity contribution in [2.45, 2.75) is 26.2 Å². The second-order valence-electron chi connectivity index (χ2n) is 5.31. The normalized spacial score (nSPS) is 20.0. The minimum absolute atomic E-state index is 0.0413. The molecule has 0 aliphatic heterocycles. The number of aryl methyl sites for hydroxylation is 1. The maximum absolute atomic E-state index is 13.0. The molecule has 0 spiro atoms. The zero-order valence-corrected chi connectivity index (χ0v) is 13.3. The summed E-state index contributed by atoms with van der Waals surface area (Å²) < 4.78 is 1.80. The van der Waals surface area contributed by atoms with Gasteiger partial charge in [-0.15, -0.1) is 0 Å². The van der Waals surface area contributed by atoms with E-state index in [1.54, 1.807) is 10.6 Å². The second kappa shape index (κ2) is 6.37. The number of allylic oxidation sites excluding steroid dienone is 6. The molecule has 0 bridgehead atoms. The van der Waals surface area contributed by atoms with Crippen molar-refractivity contribution in [1.29, 1.82) is 0 Å². The molecule has 3 heteroatoms. The second-order valence-corrected chi connectivity index (χ2v) is 5.72. The van der Waals surface area contributed by atoms with E-state index in [4.69, 9.17) is 11.6 Å². The third-order valence-corrected chi connectivity index (χ3v) is 4.20. The van der Waals surface area contributed by atoms with Gasteiger partial charge in [-0.05, 0) is 42.9 Å². The van der Waals surface area contributed by atoms with Gasteiger partial charge in [-0.2, -0.15) is 0 Å². The van der Waals surface area contributed by atoms with Gasteiger partial charge in [0.25, 0.3) is 5.56 Å². The van der Waals surface area contributed by atoms with Crippen LogP contribution in [0.5, 0.6) is 0 Å².